The first-order chi connectivity index (χ1) is 9.70. The predicted molar refractivity (Wildman–Crippen MR) is 74.5 cm³/mol. The number of nitrogens with two attached hydrogens (primary N) is 1. The number of amides is 1. The van der Waals surface area contributed by atoms with Crippen LogP contribution >= 0.6 is 0 Å². The highest BCUT2D eigenvalue weighted by atomic mass is 16.1. The average Bonchev–Trinajstić information content (AvgIpc) is 2.88. The Morgan fingerprint density at radius 3 is 3.10 bits per heavy atom. The molecule has 0 spiro atoms. The molecule has 0 saturated heterocycles. The lowest BCUT2D eigenvalue weighted by Gasteiger charge is -2.04. The summed E-state index contributed by atoms with van der Waals surface area (Å²) in [7, 11) is 1.82. The molecule has 2 heterocycles. The van der Waals surface area contributed by atoms with Crippen molar-refractivity contribution in [3.05, 3.63) is 47.5 Å². The minimum Gasteiger partial charge on any atom is -0.346 e. The second-order valence-electron chi connectivity index (χ2n) is 4.11. The molecule has 0 radical (unpaired) electrons. The van der Waals surface area contributed by atoms with Gasteiger partial charge in [0.05, 0.1) is 18.3 Å². The molecule has 3 N–H and O–H groups in total. The van der Waals surface area contributed by atoms with Gasteiger partial charge in [-0.3, -0.25) is 9.48 Å². The topological polar surface area (TPSA) is 85.8 Å². The van der Waals surface area contributed by atoms with Crippen LogP contribution in [0.5, 0.6) is 0 Å². The summed E-state index contributed by atoms with van der Waals surface area (Å²) < 4.78 is 1.68. The minimum absolute atomic E-state index is 0.242. The lowest BCUT2D eigenvalue weighted by atomic mass is 10.2. The first kappa shape index (κ1) is 13.8. The van der Waals surface area contributed by atoms with E-state index in [-0.39, 0.29) is 12.5 Å². The zero-order valence-corrected chi connectivity index (χ0v) is 11.1. The molecule has 0 aromatic carbocycles. The molecule has 2 aromatic rings. The molecule has 1 amide bonds. The highest BCUT2D eigenvalue weighted by Crippen LogP contribution is 2.04. The quantitative estimate of drug-likeness (QED) is 0.771. The summed E-state index contributed by atoms with van der Waals surface area (Å²) in [6.07, 6.45) is 5.11. The van der Waals surface area contributed by atoms with E-state index in [0.29, 0.717) is 17.8 Å². The zero-order valence-electron chi connectivity index (χ0n) is 11.1. The Balaban J connectivity index is 2.09. The van der Waals surface area contributed by atoms with Crippen LogP contribution in [0.4, 0.5) is 0 Å². The zero-order chi connectivity index (χ0) is 14.4. The van der Waals surface area contributed by atoms with Gasteiger partial charge in [-0.15, -0.1) is 0 Å². The number of aryl methyl sites for hydroxylation is 1. The summed E-state index contributed by atoms with van der Waals surface area (Å²) in [5.41, 5.74) is 7.13. The molecule has 6 nitrogen and oxygen atoms in total. The van der Waals surface area contributed by atoms with E-state index in [0.717, 1.165) is 5.56 Å². The molecule has 0 aliphatic heterocycles. The smallest absolute Gasteiger partial charge is 0.271 e. The van der Waals surface area contributed by atoms with Crippen LogP contribution in [-0.2, 0) is 13.6 Å². The van der Waals surface area contributed by atoms with E-state index in [1.54, 1.807) is 29.2 Å². The number of pyridine rings is 1. The molecule has 0 unspecified atom stereocenters. The number of hydrogen-bond donors (Lipinski definition) is 2. The van der Waals surface area contributed by atoms with Gasteiger partial charge < -0.3 is 11.1 Å². The Kier molecular flexibility index (Phi) is 4.47. The number of rotatable bonds is 3. The number of aromatic nitrogens is 3. The summed E-state index contributed by atoms with van der Waals surface area (Å²) in [5, 5.41) is 6.83. The lowest BCUT2D eigenvalue weighted by Crippen LogP contribution is -2.24. The number of nitrogens with zero attached hydrogens (tertiary/aromatic N) is 3. The SMILES string of the molecule is Cn1cc(CNC(=O)c2ncccc2C#CCN)cn1. The van der Waals surface area contributed by atoms with Gasteiger partial charge in [-0.05, 0) is 12.1 Å². The first-order valence-electron chi connectivity index (χ1n) is 6.10. The third-order valence-corrected chi connectivity index (χ3v) is 2.56. The van der Waals surface area contributed by atoms with Crippen LogP contribution in [0.25, 0.3) is 0 Å². The average molecular weight is 269 g/mol. The van der Waals surface area contributed by atoms with E-state index < -0.39 is 0 Å². The molecular formula is C14H15N5O. The van der Waals surface area contributed by atoms with E-state index in [1.165, 1.54) is 0 Å². The molecule has 0 aliphatic carbocycles. The van der Waals surface area contributed by atoms with Crippen molar-refractivity contribution >= 4 is 5.91 Å². The molecule has 0 aliphatic rings. The molecule has 0 fully saturated rings. The highest BCUT2D eigenvalue weighted by molar-refractivity contribution is 5.94. The summed E-state index contributed by atoms with van der Waals surface area (Å²) in [5.74, 6) is 5.29. The molecule has 0 bridgehead atoms. The van der Waals surface area contributed by atoms with Crippen LogP contribution in [0.15, 0.2) is 30.7 Å². The Labute approximate surface area is 117 Å². The minimum atomic E-state index is -0.268. The molecule has 20 heavy (non-hydrogen) atoms. The maximum atomic E-state index is 12.1. The molecular weight excluding hydrogens is 254 g/mol. The molecule has 0 atom stereocenters. The van der Waals surface area contributed by atoms with E-state index in [2.05, 4.69) is 27.2 Å². The van der Waals surface area contributed by atoms with Crippen molar-refractivity contribution in [2.24, 2.45) is 12.8 Å². The van der Waals surface area contributed by atoms with Gasteiger partial charge in [-0.2, -0.15) is 5.10 Å². The van der Waals surface area contributed by atoms with Gasteiger partial charge in [-0.1, -0.05) is 11.8 Å². The Bertz CT molecular complexity index is 665. The van der Waals surface area contributed by atoms with E-state index in [4.69, 9.17) is 5.73 Å². The first-order valence-corrected chi connectivity index (χ1v) is 6.10. The largest absolute Gasteiger partial charge is 0.346 e. The van der Waals surface area contributed by atoms with Gasteiger partial charge in [0.25, 0.3) is 5.91 Å². The van der Waals surface area contributed by atoms with Gasteiger partial charge in [0, 0.05) is 31.5 Å². The number of carbonyl (C=O) groups is 1. The fourth-order valence-corrected chi connectivity index (χ4v) is 1.66. The van der Waals surface area contributed by atoms with Crippen LogP contribution in [0.1, 0.15) is 21.6 Å². The lowest BCUT2D eigenvalue weighted by molar-refractivity contribution is 0.0945. The summed E-state index contributed by atoms with van der Waals surface area (Å²) in [6.45, 7) is 0.638. The van der Waals surface area contributed by atoms with Crippen LogP contribution < -0.4 is 11.1 Å². The molecule has 102 valence electrons. The van der Waals surface area contributed by atoms with Crippen LogP contribution in [0.2, 0.25) is 0 Å². The maximum absolute atomic E-state index is 12.1. The highest BCUT2D eigenvalue weighted by Gasteiger charge is 2.11. The van der Waals surface area contributed by atoms with E-state index >= 15 is 0 Å². The van der Waals surface area contributed by atoms with Crippen LogP contribution in [-0.4, -0.2) is 27.2 Å². The monoisotopic (exact) mass is 269 g/mol. The van der Waals surface area contributed by atoms with Gasteiger partial charge in [0.2, 0.25) is 0 Å². The standard InChI is InChI=1S/C14H15N5O/c1-19-10-11(9-18-19)8-17-14(20)13-12(4-2-6-15)5-3-7-16-13/h3,5,7,9-10H,6,8,15H2,1H3,(H,17,20). The molecule has 2 rings (SSSR count). The van der Waals surface area contributed by atoms with Crippen molar-refractivity contribution in [1.82, 2.24) is 20.1 Å². The van der Waals surface area contributed by atoms with E-state index in [9.17, 15) is 4.79 Å². The third kappa shape index (κ3) is 3.43. The Hall–Kier alpha value is -2.65. The number of nitrogens with one attached hydrogen (secondary N) is 1. The predicted octanol–water partition coefficient (Wildman–Crippen LogP) is 0.0553. The summed E-state index contributed by atoms with van der Waals surface area (Å²) in [6, 6.07) is 3.48. The Morgan fingerprint density at radius 2 is 2.40 bits per heavy atom. The van der Waals surface area contributed by atoms with Gasteiger partial charge in [0.15, 0.2) is 0 Å². The second-order valence-corrected chi connectivity index (χ2v) is 4.11. The summed E-state index contributed by atoms with van der Waals surface area (Å²) >= 11 is 0. The Morgan fingerprint density at radius 1 is 1.55 bits per heavy atom. The maximum Gasteiger partial charge on any atom is 0.271 e. The normalized spacial score (nSPS) is 9.70. The number of hydrogen-bond acceptors (Lipinski definition) is 4. The van der Waals surface area contributed by atoms with Gasteiger partial charge >= 0.3 is 0 Å². The molecule has 2 aromatic heterocycles. The van der Waals surface area contributed by atoms with E-state index in [1.807, 2.05) is 13.2 Å². The van der Waals surface area contributed by atoms with Crippen molar-refractivity contribution in [2.45, 2.75) is 6.54 Å². The van der Waals surface area contributed by atoms with Crippen molar-refractivity contribution in [3.63, 3.8) is 0 Å². The summed E-state index contributed by atoms with van der Waals surface area (Å²) in [4.78, 5) is 16.2. The van der Waals surface area contributed by atoms with Crippen LogP contribution in [0, 0.1) is 11.8 Å². The van der Waals surface area contributed by atoms with Crippen molar-refractivity contribution in [2.75, 3.05) is 6.54 Å². The molecule has 6 heteroatoms. The van der Waals surface area contributed by atoms with Crippen molar-refractivity contribution in [1.29, 1.82) is 0 Å². The van der Waals surface area contributed by atoms with Gasteiger partial charge in [0.1, 0.15) is 5.69 Å². The van der Waals surface area contributed by atoms with Crippen LogP contribution in [0.3, 0.4) is 0 Å². The third-order valence-electron chi connectivity index (χ3n) is 2.56. The van der Waals surface area contributed by atoms with Crippen molar-refractivity contribution < 1.29 is 4.79 Å². The number of carbonyl (C=O) groups excluding carboxylic acids is 1. The fraction of sp³-hybridized carbons (Fsp3) is 0.214. The second kappa shape index (κ2) is 6.50. The molecule has 0 saturated carbocycles. The van der Waals surface area contributed by atoms with Gasteiger partial charge in [-0.25, -0.2) is 4.98 Å². The fourth-order valence-electron chi connectivity index (χ4n) is 1.66. The van der Waals surface area contributed by atoms with Crippen molar-refractivity contribution in [3.8, 4) is 11.8 Å².